The molecule has 114 valence electrons. The van der Waals surface area contributed by atoms with Crippen LogP contribution in [0, 0.1) is 0 Å². The number of hydrogen-bond acceptors (Lipinski definition) is 4. The van der Waals surface area contributed by atoms with E-state index in [-0.39, 0.29) is 5.91 Å². The van der Waals surface area contributed by atoms with Crippen molar-refractivity contribution in [2.24, 2.45) is 0 Å². The van der Waals surface area contributed by atoms with Crippen LogP contribution in [0.15, 0.2) is 30.7 Å². The fourth-order valence-corrected chi connectivity index (χ4v) is 2.88. The van der Waals surface area contributed by atoms with E-state index >= 15 is 0 Å². The monoisotopic (exact) mass is 299 g/mol. The lowest BCUT2D eigenvalue weighted by atomic mass is 10.1. The van der Waals surface area contributed by atoms with Gasteiger partial charge in [0.15, 0.2) is 5.75 Å². The van der Waals surface area contributed by atoms with Crippen LogP contribution in [0.1, 0.15) is 10.4 Å². The van der Waals surface area contributed by atoms with E-state index in [2.05, 4.69) is 10.2 Å². The number of aromatic nitrogens is 1. The molecule has 1 N–H and O–H groups in total. The maximum Gasteiger partial charge on any atom is 0.254 e. The molecule has 1 aromatic heterocycles. The summed E-state index contributed by atoms with van der Waals surface area (Å²) < 4.78 is 12.7. The van der Waals surface area contributed by atoms with Gasteiger partial charge >= 0.3 is 0 Å². The highest BCUT2D eigenvalue weighted by Crippen LogP contribution is 2.32. The molecule has 0 saturated carbocycles. The van der Waals surface area contributed by atoms with Gasteiger partial charge in [-0.25, -0.2) is 0 Å². The number of ether oxygens (including phenoxy) is 2. The number of carbonyl (C=O) groups is 1. The number of carbonyl (C=O) groups excluding carboxylic acids is 1. The molecule has 6 heteroatoms. The van der Waals surface area contributed by atoms with Gasteiger partial charge < -0.3 is 19.4 Å². The molecule has 0 atom stereocenters. The Morgan fingerprint density at radius 3 is 3.00 bits per heavy atom. The summed E-state index contributed by atoms with van der Waals surface area (Å²) in [6.07, 6.45) is 5.28. The summed E-state index contributed by atoms with van der Waals surface area (Å²) in [6.45, 7) is 3.69. The first kappa shape index (κ1) is 13.4. The summed E-state index contributed by atoms with van der Waals surface area (Å²) in [7, 11) is 0. The van der Waals surface area contributed by atoms with Gasteiger partial charge in [-0.1, -0.05) is 12.1 Å². The number of nitrogens with one attached hydrogen (secondary N) is 1. The first-order valence-electron chi connectivity index (χ1n) is 7.38. The molecule has 4 rings (SSSR count). The SMILES string of the molecule is O=C(NCN1CCOCC1)c1cn2c3c(cccc13)OC=C2. The van der Waals surface area contributed by atoms with Crippen LogP contribution in [0.5, 0.6) is 5.75 Å². The molecular weight excluding hydrogens is 282 g/mol. The van der Waals surface area contributed by atoms with E-state index in [0.29, 0.717) is 12.2 Å². The Labute approximate surface area is 127 Å². The van der Waals surface area contributed by atoms with Crippen molar-refractivity contribution in [3.8, 4) is 5.75 Å². The van der Waals surface area contributed by atoms with E-state index in [1.54, 1.807) is 6.26 Å². The second-order valence-electron chi connectivity index (χ2n) is 5.40. The molecule has 2 aliphatic rings. The molecule has 0 aliphatic carbocycles. The molecule has 22 heavy (non-hydrogen) atoms. The van der Waals surface area contributed by atoms with Gasteiger partial charge in [-0.2, -0.15) is 0 Å². The van der Waals surface area contributed by atoms with Crippen LogP contribution in [-0.2, 0) is 4.74 Å². The zero-order chi connectivity index (χ0) is 14.9. The maximum absolute atomic E-state index is 12.5. The van der Waals surface area contributed by atoms with Crippen molar-refractivity contribution in [1.29, 1.82) is 0 Å². The van der Waals surface area contributed by atoms with Gasteiger partial charge in [0, 0.05) is 30.9 Å². The Bertz CT molecular complexity index is 744. The van der Waals surface area contributed by atoms with E-state index in [1.165, 1.54) is 0 Å². The van der Waals surface area contributed by atoms with Crippen LogP contribution in [-0.4, -0.2) is 48.3 Å². The number of amides is 1. The average molecular weight is 299 g/mol. The van der Waals surface area contributed by atoms with Crippen molar-refractivity contribution in [2.75, 3.05) is 33.0 Å². The molecule has 0 unspecified atom stereocenters. The first-order valence-corrected chi connectivity index (χ1v) is 7.38. The normalized spacial score (nSPS) is 17.5. The van der Waals surface area contributed by atoms with Crippen LogP contribution in [0.25, 0.3) is 17.1 Å². The van der Waals surface area contributed by atoms with Crippen molar-refractivity contribution >= 4 is 23.0 Å². The third-order valence-electron chi connectivity index (χ3n) is 4.04. The van der Waals surface area contributed by atoms with Crippen LogP contribution >= 0.6 is 0 Å². The minimum atomic E-state index is -0.0670. The van der Waals surface area contributed by atoms with Gasteiger partial charge in [0.05, 0.1) is 31.0 Å². The van der Waals surface area contributed by atoms with E-state index in [0.717, 1.165) is 43.0 Å². The van der Waals surface area contributed by atoms with Gasteiger partial charge in [-0.05, 0) is 6.07 Å². The van der Waals surface area contributed by atoms with Crippen LogP contribution in [0.2, 0.25) is 0 Å². The van der Waals surface area contributed by atoms with Gasteiger partial charge in [0.2, 0.25) is 0 Å². The topological polar surface area (TPSA) is 55.7 Å². The smallest absolute Gasteiger partial charge is 0.254 e. The van der Waals surface area contributed by atoms with Gasteiger partial charge in [0.25, 0.3) is 5.91 Å². The summed E-state index contributed by atoms with van der Waals surface area (Å²) in [5.74, 6) is 0.704. The van der Waals surface area contributed by atoms with E-state index in [1.807, 2.05) is 35.2 Å². The summed E-state index contributed by atoms with van der Waals surface area (Å²) in [5, 5.41) is 3.90. The minimum Gasteiger partial charge on any atom is -0.461 e. The molecule has 0 spiro atoms. The number of para-hydroxylation sites is 1. The predicted octanol–water partition coefficient (Wildman–Crippen LogP) is 1.48. The summed E-state index contributed by atoms with van der Waals surface area (Å²) in [4.78, 5) is 14.7. The second kappa shape index (κ2) is 5.47. The fourth-order valence-electron chi connectivity index (χ4n) is 2.88. The van der Waals surface area contributed by atoms with Gasteiger partial charge in [-0.15, -0.1) is 0 Å². The summed E-state index contributed by atoms with van der Waals surface area (Å²) in [5.41, 5.74) is 1.60. The summed E-state index contributed by atoms with van der Waals surface area (Å²) >= 11 is 0. The van der Waals surface area contributed by atoms with Gasteiger partial charge in [0.1, 0.15) is 6.26 Å². The van der Waals surface area contributed by atoms with Crippen molar-refractivity contribution in [1.82, 2.24) is 14.8 Å². The lowest BCUT2D eigenvalue weighted by Gasteiger charge is -2.26. The first-order chi connectivity index (χ1) is 10.8. The lowest BCUT2D eigenvalue weighted by Crippen LogP contribution is -2.43. The van der Waals surface area contributed by atoms with Crippen molar-refractivity contribution in [3.05, 3.63) is 36.2 Å². The Morgan fingerprint density at radius 1 is 1.27 bits per heavy atom. The predicted molar refractivity (Wildman–Crippen MR) is 82.6 cm³/mol. The molecule has 3 heterocycles. The van der Waals surface area contributed by atoms with Crippen LogP contribution < -0.4 is 10.1 Å². The summed E-state index contributed by atoms with van der Waals surface area (Å²) in [6, 6.07) is 5.75. The van der Waals surface area contributed by atoms with Crippen molar-refractivity contribution in [3.63, 3.8) is 0 Å². The highest BCUT2D eigenvalue weighted by molar-refractivity contribution is 6.09. The van der Waals surface area contributed by atoms with Crippen molar-refractivity contribution in [2.45, 2.75) is 0 Å². The quantitative estimate of drug-likeness (QED) is 0.933. The number of hydrogen-bond donors (Lipinski definition) is 1. The largest absolute Gasteiger partial charge is 0.461 e. The third-order valence-corrected chi connectivity index (χ3v) is 4.04. The number of nitrogens with zero attached hydrogens (tertiary/aromatic N) is 2. The molecule has 0 radical (unpaired) electrons. The molecule has 0 bridgehead atoms. The third kappa shape index (κ3) is 2.26. The molecule has 1 fully saturated rings. The number of rotatable bonds is 3. The molecule has 2 aliphatic heterocycles. The Hall–Kier alpha value is -2.31. The molecule has 6 nitrogen and oxygen atoms in total. The van der Waals surface area contributed by atoms with Crippen LogP contribution in [0.4, 0.5) is 0 Å². The van der Waals surface area contributed by atoms with Gasteiger partial charge in [-0.3, -0.25) is 9.69 Å². The molecule has 1 aromatic carbocycles. The Morgan fingerprint density at radius 2 is 2.14 bits per heavy atom. The fraction of sp³-hybridized carbons (Fsp3) is 0.312. The van der Waals surface area contributed by atoms with Crippen molar-refractivity contribution < 1.29 is 14.3 Å². The highest BCUT2D eigenvalue weighted by Gasteiger charge is 2.19. The Kier molecular flexibility index (Phi) is 3.32. The van der Waals surface area contributed by atoms with Crippen LogP contribution in [0.3, 0.4) is 0 Å². The number of morpholine rings is 1. The zero-order valence-corrected chi connectivity index (χ0v) is 12.1. The zero-order valence-electron chi connectivity index (χ0n) is 12.1. The lowest BCUT2D eigenvalue weighted by molar-refractivity contribution is 0.0334. The maximum atomic E-state index is 12.5. The molecule has 1 saturated heterocycles. The van der Waals surface area contributed by atoms with E-state index in [9.17, 15) is 4.79 Å². The molecule has 1 amide bonds. The van der Waals surface area contributed by atoms with E-state index < -0.39 is 0 Å². The minimum absolute atomic E-state index is 0.0670. The highest BCUT2D eigenvalue weighted by atomic mass is 16.5. The Balaban J connectivity index is 1.57. The second-order valence-corrected chi connectivity index (χ2v) is 5.40. The molecule has 2 aromatic rings. The molecular formula is C16H17N3O3. The van der Waals surface area contributed by atoms with E-state index in [4.69, 9.17) is 9.47 Å². The number of benzene rings is 1. The standard InChI is InChI=1S/C16H17N3O3/c20-16(17-11-18-4-7-21-8-5-18)13-10-19-6-9-22-14-3-1-2-12(13)15(14)19/h1-3,6,9-10H,4-5,7-8,11H2,(H,17,20). The average Bonchev–Trinajstić information content (AvgIpc) is 2.95.